The summed E-state index contributed by atoms with van der Waals surface area (Å²) in [6, 6.07) is 13.2. The number of aliphatic hydroxyl groups excluding tert-OH is 1. The van der Waals surface area contributed by atoms with Crippen LogP contribution in [0.3, 0.4) is 0 Å². The monoisotopic (exact) mass is 446 g/mol. The first-order valence-electron chi connectivity index (χ1n) is 10.0. The van der Waals surface area contributed by atoms with Gasteiger partial charge in [0.15, 0.2) is 0 Å². The maximum absolute atomic E-state index is 13.2. The van der Waals surface area contributed by atoms with Crippen LogP contribution in [0.2, 0.25) is 0 Å². The Morgan fingerprint density at radius 1 is 1.09 bits per heavy atom. The van der Waals surface area contributed by atoms with Gasteiger partial charge < -0.3 is 19.9 Å². The molecule has 2 N–H and O–H groups in total. The zero-order valence-corrected chi connectivity index (χ0v) is 17.0. The van der Waals surface area contributed by atoms with Gasteiger partial charge in [-0.3, -0.25) is 4.98 Å². The highest BCUT2D eigenvalue weighted by Crippen LogP contribution is 2.36. The van der Waals surface area contributed by atoms with Crippen LogP contribution in [0, 0.1) is 0 Å². The molecular weight excluding hydrogens is 425 g/mol. The summed E-state index contributed by atoms with van der Waals surface area (Å²) in [5.41, 5.74) is 2.39. The fourth-order valence-corrected chi connectivity index (χ4v) is 3.04. The summed E-state index contributed by atoms with van der Waals surface area (Å²) >= 11 is 0. The van der Waals surface area contributed by atoms with Gasteiger partial charge in [-0.25, -0.2) is 4.98 Å². The molecule has 2 aromatic heterocycles. The molecular formula is C22H21F3N4O3. The maximum Gasteiger partial charge on any atom is 0.423 e. The van der Waals surface area contributed by atoms with Crippen molar-refractivity contribution >= 4 is 5.95 Å². The van der Waals surface area contributed by atoms with Crippen molar-refractivity contribution in [1.82, 2.24) is 15.0 Å². The highest BCUT2D eigenvalue weighted by Gasteiger charge is 2.37. The Hall–Kier alpha value is -3.24. The molecule has 10 heteroatoms. The minimum absolute atomic E-state index is 0.0360. The van der Waals surface area contributed by atoms with E-state index in [2.05, 4.69) is 20.3 Å². The number of benzene rings is 1. The Bertz CT molecular complexity index is 1060. The van der Waals surface area contributed by atoms with Crippen molar-refractivity contribution in [1.29, 1.82) is 0 Å². The average molecular weight is 446 g/mol. The summed E-state index contributed by atoms with van der Waals surface area (Å²) in [6.45, 7) is 0.812. The summed E-state index contributed by atoms with van der Waals surface area (Å²) in [7, 11) is 0. The largest absolute Gasteiger partial charge is 0.469 e. The number of halogens is 3. The molecule has 0 radical (unpaired) electrons. The number of rotatable bonds is 8. The first-order chi connectivity index (χ1) is 15.4. The van der Waals surface area contributed by atoms with Crippen LogP contribution in [0.15, 0.2) is 48.7 Å². The molecule has 3 aromatic rings. The van der Waals surface area contributed by atoms with Crippen molar-refractivity contribution in [2.45, 2.75) is 25.2 Å². The molecule has 7 nitrogen and oxygen atoms in total. The number of nitrogens with zero attached hydrogens (tertiary/aromatic N) is 3. The van der Waals surface area contributed by atoms with E-state index in [1.165, 1.54) is 0 Å². The van der Waals surface area contributed by atoms with Gasteiger partial charge in [-0.1, -0.05) is 30.3 Å². The minimum atomic E-state index is -4.61. The minimum Gasteiger partial charge on any atom is -0.469 e. The van der Waals surface area contributed by atoms with Crippen LogP contribution in [0.4, 0.5) is 19.1 Å². The quantitative estimate of drug-likeness (QED) is 0.548. The number of anilines is 1. The van der Waals surface area contributed by atoms with Crippen molar-refractivity contribution in [2.24, 2.45) is 0 Å². The summed E-state index contributed by atoms with van der Waals surface area (Å²) in [5, 5.41) is 12.0. The van der Waals surface area contributed by atoms with Crippen LogP contribution < -0.4 is 10.1 Å². The van der Waals surface area contributed by atoms with Gasteiger partial charge in [0.05, 0.1) is 18.9 Å². The fourth-order valence-electron chi connectivity index (χ4n) is 3.04. The number of nitrogens with one attached hydrogen (secondary N) is 1. The molecule has 1 saturated heterocycles. The highest BCUT2D eigenvalue weighted by atomic mass is 19.4. The van der Waals surface area contributed by atoms with Gasteiger partial charge in [0.2, 0.25) is 11.8 Å². The third-order valence-electron chi connectivity index (χ3n) is 4.82. The van der Waals surface area contributed by atoms with Crippen LogP contribution in [-0.4, -0.2) is 46.0 Å². The normalized spacial score (nSPS) is 14.1. The second-order valence-electron chi connectivity index (χ2n) is 7.23. The molecule has 4 rings (SSSR count). The van der Waals surface area contributed by atoms with Crippen LogP contribution in [0.25, 0.3) is 11.3 Å². The van der Waals surface area contributed by atoms with E-state index in [0.29, 0.717) is 13.0 Å². The smallest absolute Gasteiger partial charge is 0.423 e. The van der Waals surface area contributed by atoms with Gasteiger partial charge in [-0.05, 0) is 17.7 Å². The molecule has 1 aliphatic heterocycles. The molecule has 1 aromatic carbocycles. The summed E-state index contributed by atoms with van der Waals surface area (Å²) in [5.74, 6) is -0.469. The van der Waals surface area contributed by atoms with Crippen molar-refractivity contribution < 1.29 is 27.8 Å². The van der Waals surface area contributed by atoms with Gasteiger partial charge in [0.1, 0.15) is 11.7 Å². The predicted octanol–water partition coefficient (Wildman–Crippen LogP) is 3.48. The third-order valence-corrected chi connectivity index (χ3v) is 4.82. The van der Waals surface area contributed by atoms with Crippen molar-refractivity contribution in [3.63, 3.8) is 0 Å². The first-order valence-corrected chi connectivity index (χ1v) is 10.0. The second-order valence-corrected chi connectivity index (χ2v) is 7.23. The Balaban J connectivity index is 1.44. The van der Waals surface area contributed by atoms with Crippen LogP contribution in [0.1, 0.15) is 16.8 Å². The number of hydrogen-bond acceptors (Lipinski definition) is 7. The predicted molar refractivity (Wildman–Crippen MR) is 110 cm³/mol. The maximum atomic E-state index is 13.2. The van der Waals surface area contributed by atoms with E-state index < -0.39 is 23.7 Å². The molecule has 168 valence electrons. The zero-order valence-electron chi connectivity index (χ0n) is 17.0. The van der Waals surface area contributed by atoms with E-state index >= 15 is 0 Å². The summed E-state index contributed by atoms with van der Waals surface area (Å²) in [6.07, 6.45) is -3.85. The number of aliphatic hydroxyl groups is 1. The standard InChI is InChI=1S/C22H21F3N4O3/c23-22(24,25)18-11-27-21(29-20(18)32-17-12-31-13-17)26-10-14-4-6-15(7-5-14)19-3-1-2-16(28-19)8-9-30/h1-7,11,17,30H,8-10,12-13H2,(H,26,27,29). The van der Waals surface area contributed by atoms with Crippen molar-refractivity contribution in [3.05, 3.63) is 65.5 Å². The molecule has 0 atom stereocenters. The van der Waals surface area contributed by atoms with Crippen molar-refractivity contribution in [3.8, 4) is 17.1 Å². The Morgan fingerprint density at radius 3 is 2.53 bits per heavy atom. The van der Waals surface area contributed by atoms with E-state index in [1.807, 2.05) is 42.5 Å². The fraction of sp³-hybridized carbons (Fsp3) is 0.318. The van der Waals surface area contributed by atoms with E-state index in [9.17, 15) is 13.2 Å². The molecule has 3 heterocycles. The van der Waals surface area contributed by atoms with E-state index in [4.69, 9.17) is 14.6 Å². The van der Waals surface area contributed by atoms with Gasteiger partial charge in [0, 0.05) is 37.0 Å². The summed E-state index contributed by atoms with van der Waals surface area (Å²) in [4.78, 5) is 12.2. The number of aromatic nitrogens is 3. The van der Waals surface area contributed by atoms with Gasteiger partial charge in [-0.2, -0.15) is 18.2 Å². The van der Waals surface area contributed by atoms with Gasteiger partial charge >= 0.3 is 6.18 Å². The lowest BCUT2D eigenvalue weighted by atomic mass is 10.1. The van der Waals surface area contributed by atoms with E-state index in [1.54, 1.807) is 0 Å². The summed E-state index contributed by atoms with van der Waals surface area (Å²) < 4.78 is 49.9. The lowest BCUT2D eigenvalue weighted by molar-refractivity contribution is -0.142. The number of alkyl halides is 3. The Labute approximate surface area is 182 Å². The molecule has 0 aliphatic carbocycles. The van der Waals surface area contributed by atoms with Crippen molar-refractivity contribution in [2.75, 3.05) is 25.1 Å². The van der Waals surface area contributed by atoms with Crippen LogP contribution in [0.5, 0.6) is 5.88 Å². The zero-order chi connectivity index (χ0) is 22.6. The third kappa shape index (κ3) is 5.32. The van der Waals surface area contributed by atoms with E-state index in [0.717, 1.165) is 28.7 Å². The lowest BCUT2D eigenvalue weighted by Gasteiger charge is -2.27. The number of ether oxygens (including phenoxy) is 2. The van der Waals surface area contributed by atoms with Gasteiger partial charge in [-0.15, -0.1) is 0 Å². The molecule has 0 bridgehead atoms. The van der Waals surface area contributed by atoms with E-state index in [-0.39, 0.29) is 25.8 Å². The number of pyridine rings is 1. The number of hydrogen-bond donors (Lipinski definition) is 2. The molecule has 32 heavy (non-hydrogen) atoms. The molecule has 0 saturated carbocycles. The average Bonchev–Trinajstić information content (AvgIpc) is 2.75. The van der Waals surface area contributed by atoms with Crippen LogP contribution in [-0.2, 0) is 23.9 Å². The molecule has 1 fully saturated rings. The Kier molecular flexibility index (Phi) is 6.52. The topological polar surface area (TPSA) is 89.4 Å². The molecule has 0 amide bonds. The van der Waals surface area contributed by atoms with Gasteiger partial charge in [0.25, 0.3) is 0 Å². The Morgan fingerprint density at radius 2 is 1.88 bits per heavy atom. The lowest BCUT2D eigenvalue weighted by Crippen LogP contribution is -2.39. The molecule has 0 unspecified atom stereocenters. The second kappa shape index (κ2) is 9.49. The molecule has 0 spiro atoms. The first kappa shape index (κ1) is 22.0. The highest BCUT2D eigenvalue weighted by molar-refractivity contribution is 5.59. The molecule has 1 aliphatic rings. The SMILES string of the molecule is OCCc1cccc(-c2ccc(CNc3ncc(C(F)(F)F)c(OC4COC4)n3)cc2)n1. The van der Waals surface area contributed by atoms with Crippen LogP contribution >= 0.6 is 0 Å².